The van der Waals surface area contributed by atoms with Gasteiger partial charge in [-0.3, -0.25) is 4.79 Å². The van der Waals surface area contributed by atoms with Crippen LogP contribution >= 0.6 is 11.8 Å². The third kappa shape index (κ3) is 6.38. The Morgan fingerprint density at radius 3 is 2.44 bits per heavy atom. The Balaban J connectivity index is 4.09. The Kier molecular flexibility index (Phi) is 7.07. The second-order valence-corrected chi connectivity index (χ2v) is 6.68. The number of hydrogen-bond acceptors (Lipinski definition) is 3. The molecule has 0 heterocycles. The van der Waals surface area contributed by atoms with Gasteiger partial charge in [-0.15, -0.1) is 11.8 Å². The number of nitrogens with one attached hydrogen (secondary N) is 1. The van der Waals surface area contributed by atoms with Crippen molar-refractivity contribution in [3.8, 4) is 0 Å². The first-order chi connectivity index (χ1) is 7.32. The van der Waals surface area contributed by atoms with Crippen LogP contribution in [0, 0.1) is 0 Å². The van der Waals surface area contributed by atoms with E-state index in [1.54, 1.807) is 11.8 Å². The summed E-state index contributed by atoms with van der Waals surface area (Å²) in [7, 11) is 0. The van der Waals surface area contributed by atoms with Crippen molar-refractivity contribution in [1.82, 2.24) is 5.32 Å². The number of carbonyl (C=O) groups excluding carboxylic acids is 1. The van der Waals surface area contributed by atoms with E-state index in [0.717, 1.165) is 12.8 Å². The average Bonchev–Trinajstić information content (AvgIpc) is 2.17. The Morgan fingerprint density at radius 2 is 2.00 bits per heavy atom. The number of hydrogen-bond donors (Lipinski definition) is 2. The van der Waals surface area contributed by atoms with Crippen LogP contribution in [0.4, 0.5) is 0 Å². The second-order valence-electron chi connectivity index (χ2n) is 4.89. The summed E-state index contributed by atoms with van der Waals surface area (Å²) >= 11 is 1.69. The number of amides is 1. The van der Waals surface area contributed by atoms with Crippen LogP contribution in [0.25, 0.3) is 0 Å². The maximum Gasteiger partial charge on any atom is 0.233 e. The van der Waals surface area contributed by atoms with Gasteiger partial charge < -0.3 is 11.1 Å². The van der Waals surface area contributed by atoms with Gasteiger partial charge in [0, 0.05) is 10.8 Å². The zero-order chi connectivity index (χ0) is 12.8. The van der Waals surface area contributed by atoms with Gasteiger partial charge in [-0.1, -0.05) is 13.8 Å². The summed E-state index contributed by atoms with van der Waals surface area (Å²) < 4.78 is 0. The predicted molar refractivity (Wildman–Crippen MR) is 72.7 cm³/mol. The molecule has 0 aliphatic carbocycles. The summed E-state index contributed by atoms with van der Waals surface area (Å²) in [6, 6.07) is 0. The highest BCUT2D eigenvalue weighted by Crippen LogP contribution is 2.20. The Hall–Kier alpha value is -0.220. The van der Waals surface area contributed by atoms with E-state index in [2.05, 4.69) is 19.2 Å². The van der Waals surface area contributed by atoms with Gasteiger partial charge in [-0.25, -0.2) is 0 Å². The van der Waals surface area contributed by atoms with Crippen molar-refractivity contribution < 1.29 is 4.79 Å². The monoisotopic (exact) mass is 246 g/mol. The lowest BCUT2D eigenvalue weighted by Crippen LogP contribution is -2.46. The molecule has 16 heavy (non-hydrogen) atoms. The van der Waals surface area contributed by atoms with Gasteiger partial charge >= 0.3 is 0 Å². The molecule has 0 aromatic heterocycles. The molecule has 0 aromatic carbocycles. The predicted octanol–water partition coefficient (Wildman–Crippen LogP) is 2.15. The number of rotatable bonds is 7. The molecule has 0 aliphatic heterocycles. The van der Waals surface area contributed by atoms with Gasteiger partial charge in [0.25, 0.3) is 0 Å². The lowest BCUT2D eigenvalue weighted by molar-refractivity contribution is -0.121. The molecule has 1 amide bonds. The highest BCUT2D eigenvalue weighted by Gasteiger charge is 2.23. The van der Waals surface area contributed by atoms with Crippen LogP contribution in [0.1, 0.15) is 47.5 Å². The standard InChI is InChI=1S/C12H26N2OS/c1-6-12(4,5)14-11(15)10(3)16-9(2)7-8-13/h9-10H,6-8,13H2,1-5H3,(H,14,15). The topological polar surface area (TPSA) is 55.1 Å². The van der Waals surface area contributed by atoms with Crippen LogP contribution in [0.15, 0.2) is 0 Å². The summed E-state index contributed by atoms with van der Waals surface area (Å²) in [5, 5.41) is 3.50. The van der Waals surface area contributed by atoms with Crippen LogP contribution in [-0.4, -0.2) is 28.5 Å². The molecule has 0 saturated heterocycles. The molecule has 3 N–H and O–H groups in total. The average molecular weight is 246 g/mol. The van der Waals surface area contributed by atoms with E-state index in [1.165, 1.54) is 0 Å². The van der Waals surface area contributed by atoms with E-state index >= 15 is 0 Å². The van der Waals surface area contributed by atoms with Gasteiger partial charge in [-0.05, 0) is 40.2 Å². The minimum absolute atomic E-state index is 0.00706. The van der Waals surface area contributed by atoms with E-state index in [-0.39, 0.29) is 16.7 Å². The molecule has 0 fully saturated rings. The Labute approximate surface area is 104 Å². The third-order valence-corrected chi connectivity index (χ3v) is 4.05. The van der Waals surface area contributed by atoms with E-state index in [1.807, 2.05) is 20.8 Å². The van der Waals surface area contributed by atoms with E-state index in [0.29, 0.717) is 11.8 Å². The van der Waals surface area contributed by atoms with Crippen molar-refractivity contribution in [2.24, 2.45) is 5.73 Å². The zero-order valence-electron chi connectivity index (χ0n) is 11.2. The van der Waals surface area contributed by atoms with Gasteiger partial charge in [0.05, 0.1) is 5.25 Å². The lowest BCUT2D eigenvalue weighted by Gasteiger charge is -2.27. The molecule has 4 heteroatoms. The largest absolute Gasteiger partial charge is 0.350 e. The molecular formula is C12H26N2OS. The maximum atomic E-state index is 11.9. The van der Waals surface area contributed by atoms with E-state index in [9.17, 15) is 4.79 Å². The SMILES string of the molecule is CCC(C)(C)NC(=O)C(C)SC(C)CCN. The first-order valence-electron chi connectivity index (χ1n) is 6.00. The molecule has 0 radical (unpaired) electrons. The molecule has 0 bridgehead atoms. The summed E-state index contributed by atoms with van der Waals surface area (Å²) in [5.74, 6) is 0.126. The second kappa shape index (κ2) is 7.17. The Morgan fingerprint density at radius 1 is 1.44 bits per heavy atom. The summed E-state index contributed by atoms with van der Waals surface area (Å²) in [4.78, 5) is 11.9. The first kappa shape index (κ1) is 15.8. The van der Waals surface area contributed by atoms with Crippen LogP contribution in [0.3, 0.4) is 0 Å². The lowest BCUT2D eigenvalue weighted by atomic mass is 10.0. The molecule has 0 aromatic rings. The molecule has 0 saturated carbocycles. The highest BCUT2D eigenvalue weighted by atomic mass is 32.2. The van der Waals surface area contributed by atoms with E-state index in [4.69, 9.17) is 5.73 Å². The molecule has 3 nitrogen and oxygen atoms in total. The zero-order valence-corrected chi connectivity index (χ0v) is 12.0. The normalized spacial score (nSPS) is 15.6. The molecule has 2 atom stereocenters. The molecule has 2 unspecified atom stereocenters. The summed E-state index contributed by atoms with van der Waals surface area (Å²) in [6.45, 7) is 10.9. The van der Waals surface area contributed by atoms with Crippen LogP contribution in [-0.2, 0) is 4.79 Å². The Bertz CT molecular complexity index is 219. The van der Waals surface area contributed by atoms with Crippen LogP contribution in [0.2, 0.25) is 0 Å². The summed E-state index contributed by atoms with van der Waals surface area (Å²) in [5.41, 5.74) is 5.38. The number of carbonyl (C=O) groups is 1. The van der Waals surface area contributed by atoms with Crippen LogP contribution < -0.4 is 11.1 Å². The van der Waals surface area contributed by atoms with Crippen molar-refractivity contribution >= 4 is 17.7 Å². The fourth-order valence-electron chi connectivity index (χ4n) is 1.24. The summed E-state index contributed by atoms with van der Waals surface area (Å²) in [6.07, 6.45) is 1.90. The molecule has 0 spiro atoms. The van der Waals surface area contributed by atoms with Gasteiger partial charge in [0.2, 0.25) is 5.91 Å². The third-order valence-electron chi connectivity index (χ3n) is 2.72. The van der Waals surface area contributed by atoms with Gasteiger partial charge in [-0.2, -0.15) is 0 Å². The molecule has 0 rings (SSSR count). The minimum Gasteiger partial charge on any atom is -0.350 e. The van der Waals surface area contributed by atoms with Crippen molar-refractivity contribution in [3.05, 3.63) is 0 Å². The molecule has 0 aliphatic rings. The van der Waals surface area contributed by atoms with Crippen LogP contribution in [0.5, 0.6) is 0 Å². The quantitative estimate of drug-likeness (QED) is 0.723. The van der Waals surface area contributed by atoms with Crippen molar-refractivity contribution in [2.75, 3.05) is 6.54 Å². The minimum atomic E-state index is -0.108. The number of nitrogens with two attached hydrogens (primary N) is 1. The molecular weight excluding hydrogens is 220 g/mol. The number of thioether (sulfide) groups is 1. The first-order valence-corrected chi connectivity index (χ1v) is 6.94. The van der Waals surface area contributed by atoms with Crippen molar-refractivity contribution in [3.63, 3.8) is 0 Å². The maximum absolute atomic E-state index is 11.9. The van der Waals surface area contributed by atoms with Crippen molar-refractivity contribution in [2.45, 2.75) is 63.5 Å². The van der Waals surface area contributed by atoms with Gasteiger partial charge in [0.1, 0.15) is 0 Å². The van der Waals surface area contributed by atoms with Crippen molar-refractivity contribution in [1.29, 1.82) is 0 Å². The highest BCUT2D eigenvalue weighted by molar-refractivity contribution is 8.01. The molecule has 96 valence electrons. The van der Waals surface area contributed by atoms with E-state index < -0.39 is 0 Å². The fourth-order valence-corrected chi connectivity index (χ4v) is 2.39. The smallest absolute Gasteiger partial charge is 0.233 e. The van der Waals surface area contributed by atoms with Gasteiger partial charge in [0.15, 0.2) is 0 Å². The fraction of sp³-hybridized carbons (Fsp3) is 0.917.